The SMILES string of the molecule is CCc1cccc(CC)c1-c1cc(C)c2c3c(ccc2c1)C1=C(CCC=C1)C(c1cc(C)nn1C)C3.c1cnc2ccncc2c1. The zero-order valence-electron chi connectivity index (χ0n) is 27.6. The maximum absolute atomic E-state index is 4.71. The van der Waals surface area contributed by atoms with E-state index in [0.29, 0.717) is 5.92 Å². The summed E-state index contributed by atoms with van der Waals surface area (Å²) in [4.78, 5) is 8.11. The third-order valence-corrected chi connectivity index (χ3v) is 9.84. The molecule has 3 aromatic heterocycles. The first-order valence-electron chi connectivity index (χ1n) is 16.7. The third-order valence-electron chi connectivity index (χ3n) is 9.84. The second kappa shape index (κ2) is 12.5. The molecule has 0 aliphatic heterocycles. The fraction of sp³-hybridized carbons (Fsp3) is 0.262. The average Bonchev–Trinajstić information content (AvgIpc) is 3.44. The molecule has 8 rings (SSSR count). The summed E-state index contributed by atoms with van der Waals surface area (Å²) in [7, 11) is 2.11. The normalized spacial score (nSPS) is 15.5. The van der Waals surface area contributed by atoms with Gasteiger partial charge in [-0.05, 0) is 132 Å². The molecule has 3 aromatic carbocycles. The van der Waals surface area contributed by atoms with Gasteiger partial charge in [-0.25, -0.2) is 0 Å². The van der Waals surface area contributed by atoms with E-state index >= 15 is 0 Å². The molecule has 46 heavy (non-hydrogen) atoms. The highest BCUT2D eigenvalue weighted by molar-refractivity contribution is 5.98. The van der Waals surface area contributed by atoms with Crippen molar-refractivity contribution in [3.8, 4) is 11.1 Å². The lowest BCUT2D eigenvalue weighted by molar-refractivity contribution is 0.627. The topological polar surface area (TPSA) is 43.6 Å². The summed E-state index contributed by atoms with van der Waals surface area (Å²) < 4.78 is 2.11. The Morgan fingerprint density at radius 3 is 2.43 bits per heavy atom. The van der Waals surface area contributed by atoms with Crippen LogP contribution in [0.15, 0.2) is 103 Å². The first kappa shape index (κ1) is 29.9. The first-order chi connectivity index (χ1) is 22.5. The molecule has 2 aliphatic rings. The van der Waals surface area contributed by atoms with Crippen LogP contribution < -0.4 is 0 Å². The van der Waals surface area contributed by atoms with Crippen LogP contribution in [-0.4, -0.2) is 19.7 Å². The maximum Gasteiger partial charge on any atom is 0.0732 e. The van der Waals surface area contributed by atoms with Gasteiger partial charge in [0.05, 0.1) is 11.2 Å². The number of allylic oxidation sites excluding steroid dienone is 4. The monoisotopic (exact) mass is 602 g/mol. The van der Waals surface area contributed by atoms with Gasteiger partial charge in [-0.1, -0.05) is 68.0 Å². The van der Waals surface area contributed by atoms with E-state index in [2.05, 4.69) is 110 Å². The number of aromatic nitrogens is 4. The minimum Gasteiger partial charge on any atom is -0.272 e. The Morgan fingerprint density at radius 1 is 0.870 bits per heavy atom. The van der Waals surface area contributed by atoms with Gasteiger partial charge in [0.1, 0.15) is 0 Å². The van der Waals surface area contributed by atoms with Crippen LogP contribution in [0.1, 0.15) is 71.8 Å². The summed E-state index contributed by atoms with van der Waals surface area (Å²) >= 11 is 0. The van der Waals surface area contributed by atoms with Crippen molar-refractivity contribution < 1.29 is 0 Å². The number of hydrogen-bond donors (Lipinski definition) is 0. The van der Waals surface area contributed by atoms with Gasteiger partial charge in [0, 0.05) is 42.6 Å². The molecule has 0 bridgehead atoms. The number of pyridine rings is 2. The molecule has 3 heterocycles. The second-order valence-electron chi connectivity index (χ2n) is 12.7. The lowest BCUT2D eigenvalue weighted by atomic mass is 9.72. The molecule has 0 radical (unpaired) electrons. The molecule has 0 saturated heterocycles. The smallest absolute Gasteiger partial charge is 0.0732 e. The molecule has 6 aromatic rings. The van der Waals surface area contributed by atoms with Crippen LogP contribution in [0, 0.1) is 13.8 Å². The van der Waals surface area contributed by atoms with Crippen LogP contribution in [0.2, 0.25) is 0 Å². The van der Waals surface area contributed by atoms with E-state index in [-0.39, 0.29) is 0 Å². The minimum atomic E-state index is 0.390. The van der Waals surface area contributed by atoms with Crippen molar-refractivity contribution in [1.82, 2.24) is 19.7 Å². The highest BCUT2D eigenvalue weighted by Crippen LogP contribution is 2.47. The van der Waals surface area contributed by atoms with E-state index in [9.17, 15) is 0 Å². The fourth-order valence-corrected chi connectivity index (χ4v) is 7.78. The number of benzene rings is 3. The van der Waals surface area contributed by atoms with Crippen molar-refractivity contribution in [2.45, 2.75) is 65.7 Å². The van der Waals surface area contributed by atoms with Crippen LogP contribution >= 0.6 is 0 Å². The van der Waals surface area contributed by atoms with E-state index in [0.717, 1.165) is 48.7 Å². The molecule has 0 amide bonds. The molecular formula is C42H42N4. The summed E-state index contributed by atoms with van der Waals surface area (Å²) in [5.41, 5.74) is 16.5. The number of nitrogens with zero attached hydrogens (tertiary/aromatic N) is 4. The van der Waals surface area contributed by atoms with Crippen LogP contribution in [0.25, 0.3) is 38.4 Å². The van der Waals surface area contributed by atoms with E-state index < -0.39 is 0 Å². The average molecular weight is 603 g/mol. The van der Waals surface area contributed by atoms with E-state index in [1.165, 1.54) is 61.0 Å². The number of aryl methyl sites for hydroxylation is 5. The number of rotatable bonds is 4. The van der Waals surface area contributed by atoms with E-state index in [1.54, 1.807) is 18.0 Å². The summed E-state index contributed by atoms with van der Waals surface area (Å²) in [5.74, 6) is 0.390. The highest BCUT2D eigenvalue weighted by Gasteiger charge is 2.31. The summed E-state index contributed by atoms with van der Waals surface area (Å²) in [6.45, 7) is 8.96. The quantitative estimate of drug-likeness (QED) is 0.202. The summed E-state index contributed by atoms with van der Waals surface area (Å²) in [5, 5.41) is 8.61. The molecule has 0 spiro atoms. The molecule has 0 N–H and O–H groups in total. The molecule has 0 fully saturated rings. The summed E-state index contributed by atoms with van der Waals surface area (Å²) in [6, 6.07) is 24.6. The predicted octanol–water partition coefficient (Wildman–Crippen LogP) is 10.1. The van der Waals surface area contributed by atoms with Crippen LogP contribution in [-0.2, 0) is 26.3 Å². The lowest BCUT2D eigenvalue weighted by Crippen LogP contribution is -2.19. The van der Waals surface area contributed by atoms with Crippen LogP contribution in [0.5, 0.6) is 0 Å². The van der Waals surface area contributed by atoms with E-state index in [1.807, 2.05) is 24.4 Å². The largest absolute Gasteiger partial charge is 0.272 e. The van der Waals surface area contributed by atoms with Crippen molar-refractivity contribution in [2.75, 3.05) is 0 Å². The second-order valence-corrected chi connectivity index (χ2v) is 12.7. The lowest BCUT2D eigenvalue weighted by Gasteiger charge is -2.33. The van der Waals surface area contributed by atoms with Gasteiger partial charge in [0.25, 0.3) is 0 Å². The van der Waals surface area contributed by atoms with Crippen molar-refractivity contribution in [2.24, 2.45) is 7.05 Å². The molecule has 4 heteroatoms. The zero-order chi connectivity index (χ0) is 31.8. The predicted molar refractivity (Wildman–Crippen MR) is 192 cm³/mol. The van der Waals surface area contributed by atoms with Gasteiger partial charge in [0.15, 0.2) is 0 Å². The maximum atomic E-state index is 4.71. The highest BCUT2D eigenvalue weighted by atomic mass is 15.3. The van der Waals surface area contributed by atoms with Crippen molar-refractivity contribution in [3.05, 3.63) is 142 Å². The third kappa shape index (κ3) is 5.36. The molecule has 2 aliphatic carbocycles. The van der Waals surface area contributed by atoms with Gasteiger partial charge in [-0.2, -0.15) is 5.10 Å². The minimum absolute atomic E-state index is 0.390. The van der Waals surface area contributed by atoms with Gasteiger partial charge in [0.2, 0.25) is 0 Å². The Kier molecular flexibility index (Phi) is 8.12. The Bertz CT molecular complexity index is 2060. The Morgan fingerprint density at radius 2 is 1.70 bits per heavy atom. The first-order valence-corrected chi connectivity index (χ1v) is 16.7. The molecule has 230 valence electrons. The van der Waals surface area contributed by atoms with Crippen LogP contribution in [0.4, 0.5) is 0 Å². The molecule has 0 saturated carbocycles. The molecule has 1 atom stereocenters. The standard InChI is InChI=1S/C34H36N2.C8H6N2/c1-6-23-11-10-12-24(7-2)34(23)26-17-21(3)33-25(19-26)15-16-29-27-13-8-9-14-28(27)30(20-31(29)33)32-18-22(4)35-36(32)5;1-2-7-6-9-5-3-8(7)10-4-1/h8,10-13,15-19,30H,6-7,9,14,20H2,1-5H3;1-6H. The molecule has 4 nitrogen and oxygen atoms in total. The van der Waals surface area contributed by atoms with Crippen molar-refractivity contribution >= 4 is 27.2 Å². The number of hydrogen-bond acceptors (Lipinski definition) is 3. The molecular weight excluding hydrogens is 560 g/mol. The zero-order valence-corrected chi connectivity index (χ0v) is 27.6. The fourth-order valence-electron chi connectivity index (χ4n) is 7.78. The van der Waals surface area contributed by atoms with E-state index in [4.69, 9.17) is 5.10 Å². The number of fused-ring (bicyclic) bond motifs is 5. The van der Waals surface area contributed by atoms with Gasteiger partial charge >= 0.3 is 0 Å². The Labute approximate surface area is 272 Å². The van der Waals surface area contributed by atoms with Gasteiger partial charge in [-0.15, -0.1) is 0 Å². The van der Waals surface area contributed by atoms with Crippen molar-refractivity contribution in [3.63, 3.8) is 0 Å². The summed E-state index contributed by atoms with van der Waals surface area (Å²) in [6.07, 6.45) is 15.5. The van der Waals surface area contributed by atoms with Gasteiger partial charge in [-0.3, -0.25) is 14.6 Å². The molecule has 1 unspecified atom stereocenters. The Balaban J connectivity index is 0.000000286. The Hall–Kier alpha value is -4.83. The van der Waals surface area contributed by atoms with Gasteiger partial charge < -0.3 is 0 Å². The van der Waals surface area contributed by atoms with Crippen LogP contribution in [0.3, 0.4) is 0 Å². The van der Waals surface area contributed by atoms with Crippen molar-refractivity contribution in [1.29, 1.82) is 0 Å².